The Kier molecular flexibility index (Phi) is 4.04. The summed E-state index contributed by atoms with van der Waals surface area (Å²) in [4.78, 5) is 3.42. The third kappa shape index (κ3) is 3.00. The molecule has 0 aliphatic rings. The van der Waals surface area contributed by atoms with E-state index in [2.05, 4.69) is 9.72 Å². The first-order chi connectivity index (χ1) is 10.2. The smallest absolute Gasteiger partial charge is 0.422 e. The number of methoxy groups -OCH3 is 1. The van der Waals surface area contributed by atoms with Gasteiger partial charge in [-0.25, -0.2) is 4.98 Å². The van der Waals surface area contributed by atoms with Crippen LogP contribution in [0.4, 0.5) is 26.3 Å². The quantitative estimate of drug-likeness (QED) is 0.742. The van der Waals surface area contributed by atoms with E-state index in [-0.39, 0.29) is 0 Å². The highest BCUT2D eigenvalue weighted by Crippen LogP contribution is 2.45. The summed E-state index contributed by atoms with van der Waals surface area (Å²) < 4.78 is 83.2. The predicted octanol–water partition coefficient (Wildman–Crippen LogP) is 4.79. The van der Waals surface area contributed by atoms with Crippen LogP contribution in [-0.4, -0.2) is 12.1 Å². The van der Waals surface area contributed by atoms with E-state index in [1.54, 1.807) is 0 Å². The predicted molar refractivity (Wildman–Crippen MR) is 66.2 cm³/mol. The van der Waals surface area contributed by atoms with E-state index in [0.717, 1.165) is 37.6 Å². The van der Waals surface area contributed by atoms with Crippen LogP contribution in [0.5, 0.6) is 5.88 Å². The van der Waals surface area contributed by atoms with Crippen molar-refractivity contribution in [3.8, 4) is 17.0 Å². The molecule has 0 saturated heterocycles. The number of pyridine rings is 1. The molecule has 0 N–H and O–H groups in total. The topological polar surface area (TPSA) is 22.1 Å². The van der Waals surface area contributed by atoms with E-state index >= 15 is 0 Å². The van der Waals surface area contributed by atoms with Gasteiger partial charge in [-0.05, 0) is 17.7 Å². The molecule has 0 aliphatic carbocycles. The van der Waals surface area contributed by atoms with E-state index < -0.39 is 40.5 Å². The van der Waals surface area contributed by atoms with Crippen LogP contribution in [-0.2, 0) is 12.4 Å². The van der Waals surface area contributed by atoms with Crippen molar-refractivity contribution < 1.29 is 31.1 Å². The Hall–Kier alpha value is -2.25. The molecule has 1 heterocycles. The van der Waals surface area contributed by atoms with Gasteiger partial charge in [-0.3, -0.25) is 0 Å². The summed E-state index contributed by atoms with van der Waals surface area (Å²) in [5.74, 6) is -0.776. The first kappa shape index (κ1) is 16.1. The first-order valence-electron chi connectivity index (χ1n) is 5.93. The Balaban J connectivity index is 2.80. The van der Waals surface area contributed by atoms with Crippen molar-refractivity contribution in [1.82, 2.24) is 4.98 Å². The molecular formula is C14H9F6NO. The van der Waals surface area contributed by atoms with Gasteiger partial charge in [-0.15, -0.1) is 0 Å². The van der Waals surface area contributed by atoms with Crippen LogP contribution >= 0.6 is 0 Å². The van der Waals surface area contributed by atoms with Gasteiger partial charge < -0.3 is 4.74 Å². The zero-order valence-corrected chi connectivity index (χ0v) is 11.1. The van der Waals surface area contributed by atoms with E-state index in [0.29, 0.717) is 0 Å². The molecule has 2 aromatic rings. The zero-order valence-electron chi connectivity index (χ0n) is 11.1. The summed E-state index contributed by atoms with van der Waals surface area (Å²) in [5.41, 5.74) is -3.71. The van der Waals surface area contributed by atoms with Crippen LogP contribution in [0, 0.1) is 0 Å². The van der Waals surface area contributed by atoms with Gasteiger partial charge in [0.25, 0.3) is 0 Å². The molecule has 0 aliphatic heterocycles. The maximum absolute atomic E-state index is 13.2. The Morgan fingerprint density at radius 1 is 0.864 bits per heavy atom. The Labute approximate surface area is 121 Å². The van der Waals surface area contributed by atoms with Crippen molar-refractivity contribution in [1.29, 1.82) is 0 Å². The van der Waals surface area contributed by atoms with Gasteiger partial charge in [0.15, 0.2) is 0 Å². The average Bonchev–Trinajstić information content (AvgIpc) is 2.44. The van der Waals surface area contributed by atoms with Crippen LogP contribution in [0.3, 0.4) is 0 Å². The number of hydrogen-bond donors (Lipinski definition) is 0. The molecule has 8 heteroatoms. The summed E-state index contributed by atoms with van der Waals surface area (Å²) in [7, 11) is 0.969. The molecule has 0 fully saturated rings. The van der Waals surface area contributed by atoms with Crippen molar-refractivity contribution in [3.63, 3.8) is 0 Å². The van der Waals surface area contributed by atoms with Crippen LogP contribution in [0.25, 0.3) is 11.1 Å². The van der Waals surface area contributed by atoms with Crippen molar-refractivity contribution in [3.05, 3.63) is 47.7 Å². The van der Waals surface area contributed by atoms with Crippen LogP contribution in [0.15, 0.2) is 36.5 Å². The number of nitrogens with zero attached hydrogens (tertiary/aromatic N) is 1. The van der Waals surface area contributed by atoms with Gasteiger partial charge in [0, 0.05) is 11.8 Å². The number of alkyl halides is 6. The molecule has 0 unspecified atom stereocenters. The van der Waals surface area contributed by atoms with Crippen LogP contribution in [0.2, 0.25) is 0 Å². The maximum atomic E-state index is 13.2. The summed E-state index contributed by atoms with van der Waals surface area (Å²) in [5, 5.41) is 0. The minimum absolute atomic E-state index is 0.581. The zero-order chi connectivity index (χ0) is 16.5. The largest absolute Gasteiger partial charge is 0.481 e. The summed E-state index contributed by atoms with van der Waals surface area (Å²) in [6, 6.07) is 4.93. The molecular weight excluding hydrogens is 312 g/mol. The number of benzene rings is 1. The second kappa shape index (κ2) is 5.51. The van der Waals surface area contributed by atoms with Crippen molar-refractivity contribution in [2.24, 2.45) is 0 Å². The number of rotatable bonds is 2. The Morgan fingerprint density at radius 2 is 1.50 bits per heavy atom. The van der Waals surface area contributed by atoms with Gasteiger partial charge in [-0.2, -0.15) is 26.3 Å². The fraction of sp³-hybridized carbons (Fsp3) is 0.214. The lowest BCUT2D eigenvalue weighted by atomic mass is 9.96. The van der Waals surface area contributed by atoms with Crippen LogP contribution in [0.1, 0.15) is 11.1 Å². The minimum atomic E-state index is -4.91. The number of hydrogen-bond acceptors (Lipinski definition) is 2. The second-order valence-electron chi connectivity index (χ2n) is 4.28. The molecule has 0 spiro atoms. The molecule has 0 saturated carbocycles. The maximum Gasteiger partial charge on any atom is 0.422 e. The summed E-state index contributed by atoms with van der Waals surface area (Å²) in [6.45, 7) is 0. The highest BCUT2D eigenvalue weighted by Gasteiger charge is 2.41. The Bertz CT molecular complexity index is 678. The van der Waals surface area contributed by atoms with E-state index in [4.69, 9.17) is 0 Å². The summed E-state index contributed by atoms with van der Waals surface area (Å²) >= 11 is 0. The number of halogens is 6. The molecule has 1 aromatic carbocycles. The summed E-state index contributed by atoms with van der Waals surface area (Å²) in [6.07, 6.45) is -8.72. The van der Waals surface area contributed by atoms with Gasteiger partial charge in [0.05, 0.1) is 12.7 Å². The van der Waals surface area contributed by atoms with Crippen molar-refractivity contribution in [2.45, 2.75) is 12.4 Å². The van der Waals surface area contributed by atoms with E-state index in [1.165, 1.54) is 6.07 Å². The number of aromatic nitrogens is 1. The van der Waals surface area contributed by atoms with E-state index in [1.807, 2.05) is 0 Å². The molecule has 0 radical (unpaired) electrons. The lowest BCUT2D eigenvalue weighted by Gasteiger charge is -2.18. The molecule has 118 valence electrons. The van der Waals surface area contributed by atoms with Crippen molar-refractivity contribution in [2.75, 3.05) is 7.11 Å². The van der Waals surface area contributed by atoms with Gasteiger partial charge in [0.1, 0.15) is 5.56 Å². The van der Waals surface area contributed by atoms with Gasteiger partial charge >= 0.3 is 12.4 Å². The average molecular weight is 321 g/mol. The molecule has 0 amide bonds. The normalized spacial score (nSPS) is 12.3. The fourth-order valence-corrected chi connectivity index (χ4v) is 2.06. The second-order valence-corrected chi connectivity index (χ2v) is 4.28. The fourth-order valence-electron chi connectivity index (χ4n) is 2.06. The molecule has 22 heavy (non-hydrogen) atoms. The lowest BCUT2D eigenvalue weighted by Crippen LogP contribution is -2.13. The number of ether oxygens (including phenoxy) is 1. The third-order valence-electron chi connectivity index (χ3n) is 2.92. The van der Waals surface area contributed by atoms with Crippen molar-refractivity contribution >= 4 is 0 Å². The monoisotopic (exact) mass is 321 g/mol. The van der Waals surface area contributed by atoms with Crippen LogP contribution < -0.4 is 4.74 Å². The molecule has 0 atom stereocenters. The molecule has 2 rings (SSSR count). The SMILES string of the molecule is COc1nccc(-c2ccccc2C(F)(F)F)c1C(F)(F)F. The highest BCUT2D eigenvalue weighted by atomic mass is 19.4. The molecule has 0 bridgehead atoms. The first-order valence-corrected chi connectivity index (χ1v) is 5.93. The standard InChI is InChI=1S/C14H9F6NO/c1-22-12-11(14(18,19)20)9(6-7-21-12)8-4-2-3-5-10(8)13(15,16)17/h2-7H,1H3. The molecule has 2 nitrogen and oxygen atoms in total. The Morgan fingerprint density at radius 3 is 2.05 bits per heavy atom. The highest BCUT2D eigenvalue weighted by molar-refractivity contribution is 5.73. The van der Waals surface area contributed by atoms with Gasteiger partial charge in [0.2, 0.25) is 5.88 Å². The third-order valence-corrected chi connectivity index (χ3v) is 2.92. The van der Waals surface area contributed by atoms with E-state index in [9.17, 15) is 26.3 Å². The lowest BCUT2D eigenvalue weighted by molar-refractivity contribution is -0.140. The van der Waals surface area contributed by atoms with Gasteiger partial charge in [-0.1, -0.05) is 18.2 Å². The minimum Gasteiger partial charge on any atom is -0.481 e. The molecule has 1 aromatic heterocycles.